The van der Waals surface area contributed by atoms with Crippen molar-refractivity contribution in [2.45, 2.75) is 51.3 Å². The lowest BCUT2D eigenvalue weighted by Gasteiger charge is -2.22. The Morgan fingerprint density at radius 2 is 2.03 bits per heavy atom. The van der Waals surface area contributed by atoms with Crippen molar-refractivity contribution in [3.05, 3.63) is 36.3 Å². The number of piperidine rings is 2. The first kappa shape index (κ1) is 20.8. The highest BCUT2D eigenvalue weighted by molar-refractivity contribution is 6.01. The SMILES string of the molecule is Cc1nn(C2CCC(=O)NC2=O)c2cccc(-c3cnn(CCOC4CCNCC4)c3)c12. The Bertz CT molecular complexity index is 1140. The maximum Gasteiger partial charge on any atom is 0.251 e. The average molecular weight is 437 g/mol. The van der Waals surface area contributed by atoms with Crippen molar-refractivity contribution < 1.29 is 14.3 Å². The van der Waals surface area contributed by atoms with Gasteiger partial charge in [-0.25, -0.2) is 0 Å². The van der Waals surface area contributed by atoms with Crippen molar-refractivity contribution in [2.75, 3.05) is 19.7 Å². The van der Waals surface area contributed by atoms with Gasteiger partial charge in [0.2, 0.25) is 5.91 Å². The number of nitrogens with one attached hydrogen (secondary N) is 2. The fourth-order valence-electron chi connectivity index (χ4n) is 4.67. The van der Waals surface area contributed by atoms with Crippen LogP contribution in [0.2, 0.25) is 0 Å². The Morgan fingerprint density at radius 1 is 1.19 bits per heavy atom. The number of hydrogen-bond acceptors (Lipinski definition) is 6. The number of imide groups is 1. The summed E-state index contributed by atoms with van der Waals surface area (Å²) in [6.07, 6.45) is 7.13. The number of fused-ring (bicyclic) bond motifs is 1. The number of aryl methyl sites for hydroxylation is 1. The molecule has 0 saturated carbocycles. The third-order valence-electron chi connectivity index (χ3n) is 6.32. The molecule has 2 fully saturated rings. The number of carbonyl (C=O) groups is 2. The Morgan fingerprint density at radius 3 is 2.84 bits per heavy atom. The number of hydrogen-bond donors (Lipinski definition) is 2. The molecule has 2 saturated heterocycles. The second kappa shape index (κ2) is 8.84. The van der Waals surface area contributed by atoms with Gasteiger partial charge in [0.25, 0.3) is 5.91 Å². The van der Waals surface area contributed by atoms with Gasteiger partial charge in [0.15, 0.2) is 0 Å². The molecule has 0 spiro atoms. The molecule has 2 N–H and O–H groups in total. The van der Waals surface area contributed by atoms with Crippen LogP contribution in [0.1, 0.15) is 37.4 Å². The zero-order valence-electron chi connectivity index (χ0n) is 18.2. The summed E-state index contributed by atoms with van der Waals surface area (Å²) in [4.78, 5) is 24.0. The molecule has 32 heavy (non-hydrogen) atoms. The molecule has 0 radical (unpaired) electrons. The lowest BCUT2D eigenvalue weighted by atomic mass is 10.0. The van der Waals surface area contributed by atoms with Gasteiger partial charge in [0.05, 0.1) is 36.7 Å². The molecule has 2 aromatic heterocycles. The summed E-state index contributed by atoms with van der Waals surface area (Å²) >= 11 is 0. The quantitative estimate of drug-likeness (QED) is 0.573. The lowest BCUT2D eigenvalue weighted by Crippen LogP contribution is -2.42. The third-order valence-corrected chi connectivity index (χ3v) is 6.32. The Balaban J connectivity index is 1.36. The molecule has 4 heterocycles. The van der Waals surface area contributed by atoms with Crippen molar-refractivity contribution in [3.8, 4) is 11.1 Å². The molecule has 2 aliphatic rings. The van der Waals surface area contributed by atoms with Crippen LogP contribution in [-0.2, 0) is 20.9 Å². The molecule has 2 amide bonds. The van der Waals surface area contributed by atoms with Crippen LogP contribution in [0.5, 0.6) is 0 Å². The molecule has 1 atom stereocenters. The van der Waals surface area contributed by atoms with E-state index in [9.17, 15) is 9.59 Å². The molecule has 9 heteroatoms. The van der Waals surface area contributed by atoms with E-state index in [1.54, 1.807) is 4.68 Å². The standard InChI is InChI=1S/C23H28N6O3/c1-15-22-18(16-13-25-28(14-16)11-12-32-17-7-9-24-10-8-17)3-2-4-19(22)29(27-15)20-5-6-21(30)26-23(20)31/h2-4,13-14,17,20,24H,5-12H2,1H3,(H,26,30,31). The van der Waals surface area contributed by atoms with Gasteiger partial charge < -0.3 is 10.1 Å². The fraction of sp³-hybridized carbons (Fsp3) is 0.478. The van der Waals surface area contributed by atoms with Crippen molar-refractivity contribution in [1.29, 1.82) is 0 Å². The first-order valence-corrected chi connectivity index (χ1v) is 11.3. The first-order chi connectivity index (χ1) is 15.6. The number of ether oxygens (including phenoxy) is 1. The third kappa shape index (κ3) is 4.05. The van der Waals surface area contributed by atoms with E-state index in [1.165, 1.54) is 0 Å². The van der Waals surface area contributed by atoms with E-state index in [0.29, 0.717) is 32.1 Å². The van der Waals surface area contributed by atoms with Gasteiger partial charge in [0, 0.05) is 23.6 Å². The second-order valence-corrected chi connectivity index (χ2v) is 8.51. The van der Waals surface area contributed by atoms with E-state index < -0.39 is 6.04 Å². The zero-order chi connectivity index (χ0) is 22.1. The average Bonchev–Trinajstić information content (AvgIpc) is 3.39. The van der Waals surface area contributed by atoms with E-state index in [2.05, 4.69) is 26.9 Å². The van der Waals surface area contributed by atoms with Crippen LogP contribution in [0.15, 0.2) is 30.6 Å². The number of nitrogens with zero attached hydrogens (tertiary/aromatic N) is 4. The van der Waals surface area contributed by atoms with E-state index in [0.717, 1.165) is 53.7 Å². The van der Waals surface area contributed by atoms with Crippen LogP contribution in [0.4, 0.5) is 0 Å². The predicted molar refractivity (Wildman–Crippen MR) is 119 cm³/mol. The van der Waals surface area contributed by atoms with E-state index in [4.69, 9.17) is 4.74 Å². The maximum atomic E-state index is 12.4. The molecule has 3 aromatic rings. The summed E-state index contributed by atoms with van der Waals surface area (Å²) in [5.74, 6) is -0.519. The van der Waals surface area contributed by atoms with Crippen LogP contribution < -0.4 is 10.6 Å². The van der Waals surface area contributed by atoms with Gasteiger partial charge in [-0.2, -0.15) is 10.2 Å². The van der Waals surface area contributed by atoms with Gasteiger partial charge in [0.1, 0.15) is 6.04 Å². The van der Waals surface area contributed by atoms with Crippen LogP contribution in [-0.4, -0.2) is 57.2 Å². The van der Waals surface area contributed by atoms with Gasteiger partial charge in [-0.05, 0) is 50.9 Å². The van der Waals surface area contributed by atoms with Gasteiger partial charge >= 0.3 is 0 Å². The molecule has 9 nitrogen and oxygen atoms in total. The highest BCUT2D eigenvalue weighted by Crippen LogP contribution is 2.33. The number of benzene rings is 1. The van der Waals surface area contributed by atoms with Crippen molar-refractivity contribution >= 4 is 22.7 Å². The minimum Gasteiger partial charge on any atom is -0.376 e. The Hall–Kier alpha value is -3.04. The summed E-state index contributed by atoms with van der Waals surface area (Å²) in [6.45, 7) is 5.33. The smallest absolute Gasteiger partial charge is 0.251 e. The van der Waals surface area contributed by atoms with E-state index in [-0.39, 0.29) is 11.8 Å². The van der Waals surface area contributed by atoms with Crippen LogP contribution >= 0.6 is 0 Å². The normalized spacial score (nSPS) is 20.1. The highest BCUT2D eigenvalue weighted by Gasteiger charge is 2.30. The van der Waals surface area contributed by atoms with Gasteiger partial charge in [-0.3, -0.25) is 24.3 Å². The van der Waals surface area contributed by atoms with Gasteiger partial charge in [-0.1, -0.05) is 12.1 Å². The summed E-state index contributed by atoms with van der Waals surface area (Å²) < 4.78 is 9.67. The maximum absolute atomic E-state index is 12.4. The Labute approximate surface area is 186 Å². The van der Waals surface area contributed by atoms with Crippen molar-refractivity contribution in [2.24, 2.45) is 0 Å². The summed E-state index contributed by atoms with van der Waals surface area (Å²) in [5, 5.41) is 16.0. The van der Waals surface area contributed by atoms with Crippen molar-refractivity contribution in [3.63, 3.8) is 0 Å². The number of aromatic nitrogens is 4. The van der Waals surface area contributed by atoms with E-state index >= 15 is 0 Å². The monoisotopic (exact) mass is 436 g/mol. The molecular weight excluding hydrogens is 408 g/mol. The molecule has 1 aromatic carbocycles. The fourth-order valence-corrected chi connectivity index (χ4v) is 4.67. The number of carbonyl (C=O) groups excluding carboxylic acids is 2. The largest absolute Gasteiger partial charge is 0.376 e. The summed E-state index contributed by atoms with van der Waals surface area (Å²) in [6, 6.07) is 5.52. The molecule has 1 unspecified atom stereocenters. The minimum absolute atomic E-state index is 0.225. The number of rotatable bonds is 6. The lowest BCUT2D eigenvalue weighted by molar-refractivity contribution is -0.135. The zero-order valence-corrected chi connectivity index (χ0v) is 18.2. The molecular formula is C23H28N6O3. The Kier molecular flexibility index (Phi) is 5.75. The molecule has 2 aliphatic heterocycles. The van der Waals surface area contributed by atoms with Crippen LogP contribution in [0.3, 0.4) is 0 Å². The number of amides is 2. The predicted octanol–water partition coefficient (Wildman–Crippen LogP) is 1.95. The highest BCUT2D eigenvalue weighted by atomic mass is 16.5. The van der Waals surface area contributed by atoms with Crippen LogP contribution in [0, 0.1) is 6.92 Å². The molecule has 5 rings (SSSR count). The van der Waals surface area contributed by atoms with Gasteiger partial charge in [-0.15, -0.1) is 0 Å². The second-order valence-electron chi connectivity index (χ2n) is 8.51. The first-order valence-electron chi connectivity index (χ1n) is 11.3. The summed E-state index contributed by atoms with van der Waals surface area (Å²) in [5.41, 5.74) is 3.77. The molecule has 168 valence electrons. The summed E-state index contributed by atoms with van der Waals surface area (Å²) in [7, 11) is 0. The van der Waals surface area contributed by atoms with E-state index in [1.807, 2.05) is 36.1 Å². The molecule has 0 aliphatic carbocycles. The van der Waals surface area contributed by atoms with Crippen molar-refractivity contribution in [1.82, 2.24) is 30.2 Å². The minimum atomic E-state index is -0.478. The van der Waals surface area contributed by atoms with Crippen LogP contribution in [0.25, 0.3) is 22.0 Å². The molecule has 0 bridgehead atoms. The topological polar surface area (TPSA) is 103 Å².